The molecule has 0 amide bonds. The average molecular weight is 251 g/mol. The zero-order valence-electron chi connectivity index (χ0n) is 9.70. The van der Waals surface area contributed by atoms with Gasteiger partial charge in [0.05, 0.1) is 0 Å². The second-order valence-corrected chi connectivity index (χ2v) is 3.70. The Morgan fingerprint density at radius 1 is 1.06 bits per heavy atom. The van der Waals surface area contributed by atoms with E-state index < -0.39 is 0 Å². The summed E-state index contributed by atoms with van der Waals surface area (Å²) in [5, 5.41) is 6.22. The van der Waals surface area contributed by atoms with Crippen molar-refractivity contribution in [1.82, 2.24) is 15.0 Å². The molecule has 17 heavy (non-hydrogen) atoms. The van der Waals surface area contributed by atoms with Crippen molar-refractivity contribution in [2.45, 2.75) is 12.8 Å². The molecule has 0 aliphatic heterocycles. The minimum Gasteiger partial charge on any atom is -0.355 e. The number of nitrogens with zero attached hydrogens (tertiary/aromatic N) is 2. The molecule has 0 aromatic carbocycles. The van der Waals surface area contributed by atoms with E-state index in [2.05, 4.69) is 38.7 Å². The normalized spacial score (nSPS) is 9.65. The number of aromatic nitrogens is 3. The third-order valence-electron chi connectivity index (χ3n) is 1.93. The molecular weight excluding hydrogens is 234 g/mol. The maximum atomic E-state index is 4.98. The van der Waals surface area contributed by atoms with Crippen LogP contribution in [0.3, 0.4) is 0 Å². The molecule has 1 aromatic rings. The molecule has 0 atom stereocenters. The molecular formula is C11H17N5S. The Kier molecular flexibility index (Phi) is 5.95. The largest absolute Gasteiger partial charge is 0.355 e. The first kappa shape index (κ1) is 13.4. The summed E-state index contributed by atoms with van der Waals surface area (Å²) >= 11 is 4.98. The Labute approximate surface area is 106 Å². The van der Waals surface area contributed by atoms with Crippen molar-refractivity contribution in [2.75, 3.05) is 23.7 Å². The summed E-state index contributed by atoms with van der Waals surface area (Å²) in [5.74, 6) is 1.24. The van der Waals surface area contributed by atoms with E-state index in [1.54, 1.807) is 0 Å². The molecule has 0 radical (unpaired) electrons. The van der Waals surface area contributed by atoms with Crippen LogP contribution in [0.4, 0.5) is 11.9 Å². The summed E-state index contributed by atoms with van der Waals surface area (Å²) in [6, 6.07) is 0. The van der Waals surface area contributed by atoms with Crippen LogP contribution >= 0.6 is 12.2 Å². The fraction of sp³-hybridized carbons (Fsp3) is 0.364. The van der Waals surface area contributed by atoms with Crippen LogP contribution in [-0.2, 0) is 0 Å². The van der Waals surface area contributed by atoms with E-state index in [1.165, 1.54) is 0 Å². The Hall–Kier alpha value is -1.69. The van der Waals surface area contributed by atoms with Crippen molar-refractivity contribution in [3.8, 4) is 0 Å². The lowest BCUT2D eigenvalue weighted by Gasteiger charge is -2.07. The van der Waals surface area contributed by atoms with Gasteiger partial charge in [-0.2, -0.15) is 9.97 Å². The maximum Gasteiger partial charge on any atom is 0.225 e. The van der Waals surface area contributed by atoms with Crippen molar-refractivity contribution < 1.29 is 0 Å². The van der Waals surface area contributed by atoms with Gasteiger partial charge >= 0.3 is 0 Å². The molecule has 0 unspecified atom stereocenters. The van der Waals surface area contributed by atoms with Crippen LogP contribution in [0.25, 0.3) is 0 Å². The Morgan fingerprint density at radius 3 is 1.94 bits per heavy atom. The molecule has 0 saturated heterocycles. The molecule has 0 aliphatic carbocycles. The van der Waals surface area contributed by atoms with Gasteiger partial charge in [-0.15, -0.1) is 13.2 Å². The predicted molar refractivity (Wildman–Crippen MR) is 73.8 cm³/mol. The number of nitrogens with one attached hydrogen (secondary N) is 3. The van der Waals surface area contributed by atoms with Crippen molar-refractivity contribution in [2.24, 2.45) is 0 Å². The summed E-state index contributed by atoms with van der Waals surface area (Å²) in [5.41, 5.74) is 0. The summed E-state index contributed by atoms with van der Waals surface area (Å²) < 4.78 is 0.311. The molecule has 1 heterocycles. The van der Waals surface area contributed by atoms with E-state index in [4.69, 9.17) is 12.2 Å². The Morgan fingerprint density at radius 2 is 1.53 bits per heavy atom. The first-order chi connectivity index (χ1) is 8.26. The van der Waals surface area contributed by atoms with E-state index in [9.17, 15) is 0 Å². The summed E-state index contributed by atoms with van der Waals surface area (Å²) in [7, 11) is 0. The van der Waals surface area contributed by atoms with E-state index >= 15 is 0 Å². The molecule has 6 heteroatoms. The highest BCUT2D eigenvalue weighted by Crippen LogP contribution is 2.03. The third kappa shape index (κ3) is 5.26. The van der Waals surface area contributed by atoms with Crippen molar-refractivity contribution in [3.63, 3.8) is 0 Å². The van der Waals surface area contributed by atoms with Gasteiger partial charge in [0.1, 0.15) is 0 Å². The van der Waals surface area contributed by atoms with Crippen LogP contribution in [0.5, 0.6) is 0 Å². The van der Waals surface area contributed by atoms with Gasteiger partial charge in [0.15, 0.2) is 0 Å². The molecule has 3 N–H and O–H groups in total. The van der Waals surface area contributed by atoms with Crippen molar-refractivity contribution >= 4 is 24.1 Å². The molecule has 1 rings (SSSR count). The fourth-order valence-electron chi connectivity index (χ4n) is 1.14. The lowest BCUT2D eigenvalue weighted by Crippen LogP contribution is -2.10. The number of anilines is 2. The SMILES string of the molecule is C=CCCNc1nc(=S)nc(NCCC=C)[nH]1. The van der Waals surface area contributed by atoms with E-state index in [-0.39, 0.29) is 0 Å². The van der Waals surface area contributed by atoms with Crippen LogP contribution in [-0.4, -0.2) is 28.0 Å². The Bertz CT molecular complexity index is 391. The molecule has 0 bridgehead atoms. The number of rotatable bonds is 8. The molecule has 0 saturated carbocycles. The minimum absolute atomic E-state index is 0.311. The highest BCUT2D eigenvalue weighted by molar-refractivity contribution is 7.71. The van der Waals surface area contributed by atoms with Gasteiger partial charge < -0.3 is 10.6 Å². The first-order valence-electron chi connectivity index (χ1n) is 5.44. The standard InChI is InChI=1S/C11H17N5S/c1-3-5-7-12-9-14-10(13-8-6-4-2)16-11(17)15-9/h3-4H,1-2,5-8H2,(H3,12,13,14,15,16,17). The second-order valence-electron chi connectivity index (χ2n) is 3.34. The maximum absolute atomic E-state index is 4.98. The van der Waals surface area contributed by atoms with Crippen molar-refractivity contribution in [3.05, 3.63) is 30.1 Å². The third-order valence-corrected chi connectivity index (χ3v) is 2.12. The van der Waals surface area contributed by atoms with Gasteiger partial charge in [0.2, 0.25) is 16.7 Å². The zero-order chi connectivity index (χ0) is 12.5. The summed E-state index contributed by atoms with van der Waals surface area (Å²) in [6.45, 7) is 8.83. The topological polar surface area (TPSA) is 65.6 Å². The quantitative estimate of drug-likeness (QED) is 0.376. The molecule has 1 aromatic heterocycles. The van der Waals surface area contributed by atoms with E-state index in [0.717, 1.165) is 25.9 Å². The minimum atomic E-state index is 0.311. The van der Waals surface area contributed by atoms with E-state index in [0.29, 0.717) is 16.7 Å². The van der Waals surface area contributed by atoms with Crippen LogP contribution in [0.1, 0.15) is 12.8 Å². The van der Waals surface area contributed by atoms with Gasteiger partial charge in [-0.1, -0.05) is 12.2 Å². The molecule has 0 aliphatic rings. The number of hydrogen-bond donors (Lipinski definition) is 3. The summed E-state index contributed by atoms with van der Waals surface area (Å²) in [4.78, 5) is 11.2. The smallest absolute Gasteiger partial charge is 0.225 e. The van der Waals surface area contributed by atoms with Crippen molar-refractivity contribution in [1.29, 1.82) is 0 Å². The van der Waals surface area contributed by atoms with Crippen LogP contribution in [0, 0.1) is 4.77 Å². The molecule has 0 spiro atoms. The van der Waals surface area contributed by atoms with Crippen LogP contribution in [0.2, 0.25) is 0 Å². The second kappa shape index (κ2) is 7.56. The van der Waals surface area contributed by atoms with E-state index in [1.807, 2.05) is 12.2 Å². The highest BCUT2D eigenvalue weighted by Gasteiger charge is 1.98. The number of aromatic amines is 1. The zero-order valence-corrected chi connectivity index (χ0v) is 10.5. The highest BCUT2D eigenvalue weighted by atomic mass is 32.1. The number of hydrogen-bond acceptors (Lipinski definition) is 5. The van der Waals surface area contributed by atoms with Gasteiger partial charge in [0.25, 0.3) is 0 Å². The van der Waals surface area contributed by atoms with Gasteiger partial charge in [0, 0.05) is 13.1 Å². The number of H-pyrrole nitrogens is 1. The lowest BCUT2D eigenvalue weighted by molar-refractivity contribution is 0.950. The molecule has 0 fully saturated rings. The fourth-order valence-corrected chi connectivity index (χ4v) is 1.32. The molecule has 92 valence electrons. The predicted octanol–water partition coefficient (Wildman–Crippen LogP) is 2.51. The lowest BCUT2D eigenvalue weighted by atomic mass is 10.4. The van der Waals surface area contributed by atoms with Crippen LogP contribution in [0.15, 0.2) is 25.3 Å². The Balaban J connectivity index is 2.61. The monoisotopic (exact) mass is 251 g/mol. The first-order valence-corrected chi connectivity index (χ1v) is 5.85. The summed E-state index contributed by atoms with van der Waals surface area (Å²) in [6.07, 6.45) is 5.41. The average Bonchev–Trinajstić information content (AvgIpc) is 2.29. The van der Waals surface area contributed by atoms with Gasteiger partial charge in [-0.3, -0.25) is 4.98 Å². The van der Waals surface area contributed by atoms with Crippen LogP contribution < -0.4 is 10.6 Å². The van der Waals surface area contributed by atoms with Gasteiger partial charge in [-0.05, 0) is 25.1 Å². The van der Waals surface area contributed by atoms with Gasteiger partial charge in [-0.25, -0.2) is 0 Å². The molecule has 5 nitrogen and oxygen atoms in total.